The first-order valence-corrected chi connectivity index (χ1v) is 8.92. The van der Waals surface area contributed by atoms with Crippen molar-refractivity contribution in [2.75, 3.05) is 11.9 Å². The lowest BCUT2D eigenvalue weighted by molar-refractivity contribution is -0.135. The van der Waals surface area contributed by atoms with Crippen molar-refractivity contribution in [1.82, 2.24) is 15.5 Å². The standard InChI is InChI=1S/C20H19FN4O4/c1-2-20(13-8-4-3-5-9-13)17(27)25(19(29)24-20)12-16(26)23-18(28)22-15-11-7-6-10-14(15)21/h3-11H,2,12H2,1H3,(H,24,29)(H2,22,23,26,28). The summed E-state index contributed by atoms with van der Waals surface area (Å²) in [6.45, 7) is 1.10. The maximum Gasteiger partial charge on any atom is 0.326 e. The van der Waals surface area contributed by atoms with Gasteiger partial charge in [0, 0.05) is 0 Å². The molecule has 1 fully saturated rings. The predicted octanol–water partition coefficient (Wildman–Crippen LogP) is 2.33. The summed E-state index contributed by atoms with van der Waals surface area (Å²) in [4.78, 5) is 50.1. The molecule has 29 heavy (non-hydrogen) atoms. The summed E-state index contributed by atoms with van der Waals surface area (Å²) in [5.41, 5.74) is -0.781. The number of amides is 6. The summed E-state index contributed by atoms with van der Waals surface area (Å²) in [7, 11) is 0. The molecule has 6 amide bonds. The largest absolute Gasteiger partial charge is 0.326 e. The fourth-order valence-corrected chi connectivity index (χ4v) is 3.16. The van der Waals surface area contributed by atoms with Gasteiger partial charge in [-0.3, -0.25) is 19.8 Å². The molecule has 3 rings (SSSR count). The number of urea groups is 2. The van der Waals surface area contributed by atoms with E-state index >= 15 is 0 Å². The molecule has 0 radical (unpaired) electrons. The van der Waals surface area contributed by atoms with Crippen LogP contribution in [0.5, 0.6) is 0 Å². The number of hydrogen-bond acceptors (Lipinski definition) is 4. The third-order valence-corrected chi connectivity index (χ3v) is 4.65. The molecule has 1 saturated heterocycles. The van der Waals surface area contributed by atoms with Crippen LogP contribution in [0.25, 0.3) is 0 Å². The monoisotopic (exact) mass is 398 g/mol. The zero-order valence-corrected chi connectivity index (χ0v) is 15.6. The number of anilines is 1. The number of carbonyl (C=O) groups excluding carboxylic acids is 4. The van der Waals surface area contributed by atoms with Gasteiger partial charge in [0.15, 0.2) is 0 Å². The SMILES string of the molecule is CCC1(c2ccccc2)NC(=O)N(CC(=O)NC(=O)Nc2ccccc2F)C1=O. The average Bonchev–Trinajstić information content (AvgIpc) is 2.95. The first kappa shape index (κ1) is 20.0. The molecule has 8 nitrogen and oxygen atoms in total. The molecule has 3 N–H and O–H groups in total. The van der Waals surface area contributed by atoms with Crippen LogP contribution in [0.4, 0.5) is 19.7 Å². The summed E-state index contributed by atoms with van der Waals surface area (Å²) in [6, 6.07) is 12.4. The molecular weight excluding hydrogens is 379 g/mol. The van der Waals surface area contributed by atoms with Gasteiger partial charge < -0.3 is 10.6 Å². The summed E-state index contributed by atoms with van der Waals surface area (Å²) in [6.07, 6.45) is 0.285. The maximum absolute atomic E-state index is 13.6. The van der Waals surface area contributed by atoms with E-state index in [2.05, 4.69) is 10.6 Å². The Labute approximate surface area is 166 Å². The van der Waals surface area contributed by atoms with E-state index in [1.165, 1.54) is 18.2 Å². The molecule has 2 aromatic rings. The highest BCUT2D eigenvalue weighted by Gasteiger charge is 2.51. The first-order chi connectivity index (χ1) is 13.9. The van der Waals surface area contributed by atoms with E-state index in [-0.39, 0.29) is 12.1 Å². The number of nitrogens with one attached hydrogen (secondary N) is 3. The van der Waals surface area contributed by atoms with E-state index in [0.717, 1.165) is 11.0 Å². The van der Waals surface area contributed by atoms with Gasteiger partial charge in [-0.25, -0.2) is 14.0 Å². The van der Waals surface area contributed by atoms with Gasteiger partial charge in [-0.05, 0) is 24.1 Å². The Balaban J connectivity index is 1.67. The topological polar surface area (TPSA) is 108 Å². The zero-order chi connectivity index (χ0) is 21.0. The van der Waals surface area contributed by atoms with Crippen LogP contribution in [-0.4, -0.2) is 35.3 Å². The molecule has 0 bridgehead atoms. The van der Waals surface area contributed by atoms with E-state index in [4.69, 9.17) is 0 Å². The number of nitrogens with zero attached hydrogens (tertiary/aromatic N) is 1. The third kappa shape index (κ3) is 3.93. The Morgan fingerprint density at radius 2 is 1.72 bits per heavy atom. The van der Waals surface area contributed by atoms with Crippen molar-refractivity contribution in [2.45, 2.75) is 18.9 Å². The van der Waals surface area contributed by atoms with Gasteiger partial charge >= 0.3 is 12.1 Å². The van der Waals surface area contributed by atoms with Crippen LogP contribution in [0.2, 0.25) is 0 Å². The minimum atomic E-state index is -1.27. The molecule has 0 aliphatic carbocycles. The summed E-state index contributed by atoms with van der Waals surface area (Å²) >= 11 is 0. The van der Waals surface area contributed by atoms with Crippen molar-refractivity contribution >= 4 is 29.6 Å². The fraction of sp³-hybridized carbons (Fsp3) is 0.200. The number of halogens is 1. The second kappa shape index (κ2) is 8.09. The zero-order valence-electron chi connectivity index (χ0n) is 15.6. The van der Waals surface area contributed by atoms with Crippen molar-refractivity contribution in [2.24, 2.45) is 0 Å². The molecule has 0 aromatic heterocycles. The molecule has 0 spiro atoms. The Kier molecular flexibility index (Phi) is 5.58. The average molecular weight is 398 g/mol. The van der Waals surface area contributed by atoms with E-state index in [9.17, 15) is 23.6 Å². The van der Waals surface area contributed by atoms with Crippen LogP contribution in [0, 0.1) is 5.82 Å². The number of benzene rings is 2. The number of para-hydroxylation sites is 1. The molecule has 1 unspecified atom stereocenters. The highest BCUT2D eigenvalue weighted by atomic mass is 19.1. The Hall–Kier alpha value is -3.75. The molecule has 1 aliphatic rings. The Morgan fingerprint density at radius 1 is 1.07 bits per heavy atom. The van der Waals surface area contributed by atoms with Crippen molar-refractivity contribution in [3.8, 4) is 0 Å². The van der Waals surface area contributed by atoms with Gasteiger partial charge in [0.2, 0.25) is 5.91 Å². The second-order valence-electron chi connectivity index (χ2n) is 6.43. The number of imide groups is 2. The van der Waals surface area contributed by atoms with Gasteiger partial charge in [-0.15, -0.1) is 0 Å². The maximum atomic E-state index is 13.6. The highest BCUT2D eigenvalue weighted by molar-refractivity contribution is 6.11. The van der Waals surface area contributed by atoms with Crippen LogP contribution in [0.15, 0.2) is 54.6 Å². The molecule has 2 aromatic carbocycles. The van der Waals surface area contributed by atoms with Crippen LogP contribution in [0.3, 0.4) is 0 Å². The van der Waals surface area contributed by atoms with Crippen molar-refractivity contribution in [3.63, 3.8) is 0 Å². The predicted molar refractivity (Wildman–Crippen MR) is 102 cm³/mol. The van der Waals surface area contributed by atoms with Crippen LogP contribution in [-0.2, 0) is 15.1 Å². The van der Waals surface area contributed by atoms with E-state index in [0.29, 0.717) is 5.56 Å². The van der Waals surface area contributed by atoms with Crippen molar-refractivity contribution in [1.29, 1.82) is 0 Å². The second-order valence-corrected chi connectivity index (χ2v) is 6.43. The lowest BCUT2D eigenvalue weighted by Crippen LogP contribution is -2.46. The van der Waals surface area contributed by atoms with Crippen LogP contribution >= 0.6 is 0 Å². The lowest BCUT2D eigenvalue weighted by atomic mass is 9.87. The minimum Gasteiger partial charge on any atom is -0.319 e. The van der Waals surface area contributed by atoms with E-state index < -0.39 is 41.8 Å². The fourth-order valence-electron chi connectivity index (χ4n) is 3.16. The highest BCUT2D eigenvalue weighted by Crippen LogP contribution is 2.32. The molecular formula is C20H19FN4O4. The number of hydrogen-bond donors (Lipinski definition) is 3. The molecule has 0 saturated carbocycles. The van der Waals surface area contributed by atoms with E-state index in [1.54, 1.807) is 37.3 Å². The van der Waals surface area contributed by atoms with Crippen LogP contribution < -0.4 is 16.0 Å². The van der Waals surface area contributed by atoms with Gasteiger partial charge in [0.25, 0.3) is 5.91 Å². The van der Waals surface area contributed by atoms with Crippen molar-refractivity contribution < 1.29 is 23.6 Å². The third-order valence-electron chi connectivity index (χ3n) is 4.65. The quantitative estimate of drug-likeness (QED) is 0.672. The molecule has 1 atom stereocenters. The van der Waals surface area contributed by atoms with Gasteiger partial charge in [-0.1, -0.05) is 49.4 Å². The molecule has 1 heterocycles. The lowest BCUT2D eigenvalue weighted by Gasteiger charge is -2.25. The summed E-state index contributed by atoms with van der Waals surface area (Å²) < 4.78 is 13.6. The van der Waals surface area contributed by atoms with Gasteiger partial charge in [-0.2, -0.15) is 0 Å². The summed E-state index contributed by atoms with van der Waals surface area (Å²) in [5, 5.41) is 6.82. The van der Waals surface area contributed by atoms with E-state index in [1.807, 2.05) is 5.32 Å². The summed E-state index contributed by atoms with van der Waals surface area (Å²) in [5.74, 6) is -2.14. The first-order valence-electron chi connectivity index (χ1n) is 8.92. The number of carbonyl (C=O) groups is 4. The normalized spacial score (nSPS) is 18.3. The van der Waals surface area contributed by atoms with Gasteiger partial charge in [0.1, 0.15) is 17.9 Å². The Bertz CT molecular complexity index is 966. The molecule has 9 heteroatoms. The van der Waals surface area contributed by atoms with Crippen LogP contribution in [0.1, 0.15) is 18.9 Å². The Morgan fingerprint density at radius 3 is 2.38 bits per heavy atom. The van der Waals surface area contributed by atoms with Gasteiger partial charge in [0.05, 0.1) is 5.69 Å². The smallest absolute Gasteiger partial charge is 0.319 e. The minimum absolute atomic E-state index is 0.109. The molecule has 1 aliphatic heterocycles. The van der Waals surface area contributed by atoms with Crippen molar-refractivity contribution in [3.05, 3.63) is 66.0 Å². The number of rotatable bonds is 5. The molecule has 150 valence electrons.